The van der Waals surface area contributed by atoms with Gasteiger partial charge in [-0.2, -0.15) is 23.5 Å². The van der Waals surface area contributed by atoms with Crippen molar-refractivity contribution in [3.63, 3.8) is 0 Å². The third-order valence-electron chi connectivity index (χ3n) is 3.59. The minimum Gasteiger partial charge on any atom is -0.316 e. The van der Waals surface area contributed by atoms with Crippen molar-refractivity contribution >= 4 is 23.5 Å². The second kappa shape index (κ2) is 7.46. The Morgan fingerprint density at radius 1 is 1.22 bits per heavy atom. The molecule has 2 rings (SSSR count). The SMILES string of the molecule is CNC(CCc1ccccc1)C1SCCSC1C. The van der Waals surface area contributed by atoms with Gasteiger partial charge in [0.05, 0.1) is 0 Å². The lowest BCUT2D eigenvalue weighted by molar-refractivity contribution is 0.499. The topological polar surface area (TPSA) is 12.0 Å². The first-order valence-corrected chi connectivity index (χ1v) is 8.85. The van der Waals surface area contributed by atoms with Crippen LogP contribution in [0.3, 0.4) is 0 Å². The minimum absolute atomic E-state index is 0.637. The van der Waals surface area contributed by atoms with Crippen LogP contribution in [0.15, 0.2) is 30.3 Å². The van der Waals surface area contributed by atoms with E-state index < -0.39 is 0 Å². The van der Waals surface area contributed by atoms with E-state index in [0.717, 1.165) is 10.5 Å². The number of aryl methyl sites for hydroxylation is 1. The average Bonchev–Trinajstić information content (AvgIpc) is 2.42. The molecule has 0 spiro atoms. The molecule has 0 radical (unpaired) electrons. The Morgan fingerprint density at radius 3 is 2.61 bits per heavy atom. The van der Waals surface area contributed by atoms with E-state index in [0.29, 0.717) is 6.04 Å². The van der Waals surface area contributed by atoms with Gasteiger partial charge in [0.15, 0.2) is 0 Å². The smallest absolute Gasteiger partial charge is 0.0317 e. The van der Waals surface area contributed by atoms with Gasteiger partial charge in [0.1, 0.15) is 0 Å². The minimum atomic E-state index is 0.637. The van der Waals surface area contributed by atoms with Gasteiger partial charge in [-0.15, -0.1) is 0 Å². The molecule has 18 heavy (non-hydrogen) atoms. The van der Waals surface area contributed by atoms with Crippen LogP contribution in [0.25, 0.3) is 0 Å². The van der Waals surface area contributed by atoms with Crippen LogP contribution < -0.4 is 5.32 Å². The van der Waals surface area contributed by atoms with E-state index in [4.69, 9.17) is 0 Å². The summed E-state index contributed by atoms with van der Waals surface area (Å²) in [5.74, 6) is 2.63. The molecule has 0 bridgehead atoms. The molecule has 100 valence electrons. The molecule has 1 nitrogen and oxygen atoms in total. The summed E-state index contributed by atoms with van der Waals surface area (Å²) in [5.41, 5.74) is 1.46. The summed E-state index contributed by atoms with van der Waals surface area (Å²) in [4.78, 5) is 0. The van der Waals surface area contributed by atoms with Gasteiger partial charge in [-0.25, -0.2) is 0 Å². The highest BCUT2D eigenvalue weighted by atomic mass is 32.2. The molecule has 0 saturated carbocycles. The maximum atomic E-state index is 3.54. The lowest BCUT2D eigenvalue weighted by Crippen LogP contribution is -2.43. The van der Waals surface area contributed by atoms with Crippen molar-refractivity contribution in [1.82, 2.24) is 5.32 Å². The Balaban J connectivity index is 1.88. The Hall–Kier alpha value is -0.120. The first kappa shape index (κ1) is 14.3. The molecule has 1 aliphatic heterocycles. The zero-order valence-electron chi connectivity index (χ0n) is 11.3. The molecule has 1 N–H and O–H groups in total. The molecular formula is C15H23NS2. The molecule has 0 aromatic heterocycles. The van der Waals surface area contributed by atoms with Crippen LogP contribution >= 0.6 is 23.5 Å². The summed E-state index contributed by atoms with van der Waals surface area (Å²) < 4.78 is 0. The monoisotopic (exact) mass is 281 g/mol. The molecule has 3 unspecified atom stereocenters. The lowest BCUT2D eigenvalue weighted by atomic mass is 10.0. The van der Waals surface area contributed by atoms with Crippen LogP contribution in [-0.2, 0) is 6.42 Å². The molecule has 3 atom stereocenters. The maximum absolute atomic E-state index is 3.54. The van der Waals surface area contributed by atoms with Crippen molar-refractivity contribution in [3.05, 3.63) is 35.9 Å². The molecule has 1 aliphatic rings. The number of benzene rings is 1. The maximum Gasteiger partial charge on any atom is 0.0317 e. The molecular weight excluding hydrogens is 258 g/mol. The van der Waals surface area contributed by atoms with Crippen LogP contribution in [0.4, 0.5) is 0 Å². The third kappa shape index (κ3) is 3.94. The number of thioether (sulfide) groups is 2. The molecule has 1 heterocycles. The standard InChI is InChI=1S/C15H23NS2/c1-12-15(18-11-10-17-12)14(16-2)9-8-13-6-4-3-5-7-13/h3-7,12,14-16H,8-11H2,1-2H3. The number of hydrogen-bond acceptors (Lipinski definition) is 3. The largest absolute Gasteiger partial charge is 0.316 e. The fraction of sp³-hybridized carbons (Fsp3) is 0.600. The van der Waals surface area contributed by atoms with E-state index >= 15 is 0 Å². The normalized spacial score (nSPS) is 25.9. The van der Waals surface area contributed by atoms with Crippen molar-refractivity contribution < 1.29 is 0 Å². The van der Waals surface area contributed by atoms with Crippen molar-refractivity contribution in [2.24, 2.45) is 0 Å². The van der Waals surface area contributed by atoms with Crippen LogP contribution in [0.5, 0.6) is 0 Å². The van der Waals surface area contributed by atoms with Crippen molar-refractivity contribution in [2.45, 2.75) is 36.3 Å². The first-order valence-electron chi connectivity index (χ1n) is 6.75. The Kier molecular flexibility index (Phi) is 5.93. The van der Waals surface area contributed by atoms with Gasteiger partial charge in [-0.3, -0.25) is 0 Å². The summed E-state index contributed by atoms with van der Waals surface area (Å²) in [6.45, 7) is 2.38. The van der Waals surface area contributed by atoms with E-state index in [9.17, 15) is 0 Å². The van der Waals surface area contributed by atoms with Gasteiger partial charge in [-0.1, -0.05) is 37.3 Å². The molecule has 1 aromatic carbocycles. The Labute approximate surface area is 120 Å². The molecule has 0 aliphatic carbocycles. The van der Waals surface area contributed by atoms with Gasteiger partial charge in [-0.05, 0) is 25.5 Å². The molecule has 3 heteroatoms. The van der Waals surface area contributed by atoms with E-state index in [2.05, 4.69) is 73.1 Å². The van der Waals surface area contributed by atoms with Crippen molar-refractivity contribution in [3.8, 4) is 0 Å². The summed E-state index contributed by atoms with van der Waals surface area (Å²) in [7, 11) is 2.11. The quantitative estimate of drug-likeness (QED) is 0.888. The average molecular weight is 281 g/mol. The van der Waals surface area contributed by atoms with Crippen LogP contribution in [0.1, 0.15) is 18.9 Å². The highest BCUT2D eigenvalue weighted by Gasteiger charge is 2.29. The summed E-state index contributed by atoms with van der Waals surface area (Å²) >= 11 is 4.29. The van der Waals surface area contributed by atoms with Gasteiger partial charge in [0, 0.05) is 28.0 Å². The number of nitrogens with one attached hydrogen (secondary N) is 1. The summed E-state index contributed by atoms with van der Waals surface area (Å²) in [6.07, 6.45) is 2.42. The molecule has 1 aromatic rings. The predicted octanol–water partition coefficient (Wildman–Crippen LogP) is 3.44. The summed E-state index contributed by atoms with van der Waals surface area (Å²) in [6, 6.07) is 11.5. The van der Waals surface area contributed by atoms with Gasteiger partial charge >= 0.3 is 0 Å². The van der Waals surface area contributed by atoms with Crippen LogP contribution in [0, 0.1) is 0 Å². The Bertz CT molecular complexity index is 342. The molecule has 1 fully saturated rings. The fourth-order valence-electron chi connectivity index (χ4n) is 2.53. The van der Waals surface area contributed by atoms with E-state index in [1.54, 1.807) is 0 Å². The second-order valence-corrected chi connectivity index (χ2v) is 7.60. The van der Waals surface area contributed by atoms with Crippen molar-refractivity contribution in [1.29, 1.82) is 0 Å². The molecule has 1 saturated heterocycles. The zero-order chi connectivity index (χ0) is 12.8. The van der Waals surface area contributed by atoms with Crippen LogP contribution in [-0.4, -0.2) is 35.1 Å². The number of hydrogen-bond donors (Lipinski definition) is 1. The van der Waals surface area contributed by atoms with E-state index in [1.165, 1.54) is 29.9 Å². The zero-order valence-corrected chi connectivity index (χ0v) is 12.9. The molecule has 0 amide bonds. The lowest BCUT2D eigenvalue weighted by Gasteiger charge is -2.34. The van der Waals surface area contributed by atoms with Gasteiger partial charge in [0.2, 0.25) is 0 Å². The Morgan fingerprint density at radius 2 is 1.94 bits per heavy atom. The second-order valence-electron chi connectivity index (χ2n) is 4.83. The highest BCUT2D eigenvalue weighted by Crippen LogP contribution is 2.34. The highest BCUT2D eigenvalue weighted by molar-refractivity contribution is 8.07. The summed E-state index contributed by atoms with van der Waals surface area (Å²) in [5, 5.41) is 5.07. The van der Waals surface area contributed by atoms with Gasteiger partial charge < -0.3 is 5.32 Å². The van der Waals surface area contributed by atoms with E-state index in [-0.39, 0.29) is 0 Å². The van der Waals surface area contributed by atoms with Crippen molar-refractivity contribution in [2.75, 3.05) is 18.6 Å². The fourth-order valence-corrected chi connectivity index (χ4v) is 5.57. The van der Waals surface area contributed by atoms with Gasteiger partial charge in [0.25, 0.3) is 0 Å². The van der Waals surface area contributed by atoms with Crippen LogP contribution in [0.2, 0.25) is 0 Å². The van der Waals surface area contributed by atoms with E-state index in [1.807, 2.05) is 0 Å². The first-order chi connectivity index (χ1) is 8.81. The predicted molar refractivity (Wildman–Crippen MR) is 85.8 cm³/mol. The number of rotatable bonds is 5. The third-order valence-corrected chi connectivity index (χ3v) is 6.84.